The third-order valence-corrected chi connectivity index (χ3v) is 5.19. The summed E-state index contributed by atoms with van der Waals surface area (Å²) in [6, 6.07) is 4.79. The molecule has 1 aromatic rings. The lowest BCUT2D eigenvalue weighted by Crippen LogP contribution is -2.31. The molecule has 0 bridgehead atoms. The van der Waals surface area contributed by atoms with Gasteiger partial charge in [0.1, 0.15) is 0 Å². The Labute approximate surface area is 120 Å². The second kappa shape index (κ2) is 6.64. The van der Waals surface area contributed by atoms with Gasteiger partial charge in [-0.2, -0.15) is 0 Å². The Morgan fingerprint density at radius 2 is 2.22 bits per heavy atom. The molecule has 1 rings (SSSR count). The minimum atomic E-state index is -0.0255. The van der Waals surface area contributed by atoms with Gasteiger partial charge >= 0.3 is 0 Å². The number of thiophene rings is 1. The smallest absolute Gasteiger partial charge is 0.0784 e. The number of nitrogens with two attached hydrogens (primary N) is 1. The lowest BCUT2D eigenvalue weighted by molar-refractivity contribution is 0.250. The topological polar surface area (TPSA) is 29.3 Å². The predicted molar refractivity (Wildman–Crippen MR) is 85.2 cm³/mol. The molecule has 2 N–H and O–H groups in total. The summed E-state index contributed by atoms with van der Waals surface area (Å²) < 4.78 is 0. The molecule has 1 heterocycles. The average Bonchev–Trinajstić information content (AvgIpc) is 2.80. The molecule has 0 spiro atoms. The molecule has 1 atom stereocenters. The quantitative estimate of drug-likeness (QED) is 0.772. The molecule has 0 aliphatic rings. The van der Waals surface area contributed by atoms with Crippen molar-refractivity contribution in [2.75, 3.05) is 13.6 Å². The zero-order chi connectivity index (χ0) is 13.8. The normalized spacial score (nSPS) is 13.8. The fourth-order valence-corrected chi connectivity index (χ4v) is 2.78. The Kier molecular flexibility index (Phi) is 5.76. The van der Waals surface area contributed by atoms with Crippen molar-refractivity contribution in [3.8, 4) is 0 Å². The van der Waals surface area contributed by atoms with Crippen LogP contribution in [0.1, 0.15) is 44.5 Å². The first-order valence-corrected chi connectivity index (χ1v) is 7.67. The summed E-state index contributed by atoms with van der Waals surface area (Å²) in [5, 5.41) is 2.13. The molecule has 1 aromatic heterocycles. The summed E-state index contributed by atoms with van der Waals surface area (Å²) in [4.78, 5) is 4.43. The Morgan fingerprint density at radius 1 is 1.56 bits per heavy atom. The number of thiocarbonyl (C=S) groups is 1. The van der Waals surface area contributed by atoms with Crippen molar-refractivity contribution in [2.24, 2.45) is 11.1 Å². The summed E-state index contributed by atoms with van der Waals surface area (Å²) in [6.07, 6.45) is 2.17. The van der Waals surface area contributed by atoms with Crippen LogP contribution < -0.4 is 5.73 Å². The largest absolute Gasteiger partial charge is 0.393 e. The second-order valence-electron chi connectivity index (χ2n) is 5.52. The molecule has 102 valence electrons. The first kappa shape index (κ1) is 15.6. The Hall–Kier alpha value is -0.450. The van der Waals surface area contributed by atoms with Crippen molar-refractivity contribution < 1.29 is 0 Å². The van der Waals surface area contributed by atoms with Gasteiger partial charge in [-0.1, -0.05) is 32.1 Å². The van der Waals surface area contributed by atoms with Crippen molar-refractivity contribution in [3.63, 3.8) is 0 Å². The minimum Gasteiger partial charge on any atom is -0.393 e. The highest BCUT2D eigenvalue weighted by molar-refractivity contribution is 7.80. The lowest BCUT2D eigenvalue weighted by atomic mass is 9.88. The van der Waals surface area contributed by atoms with Crippen LogP contribution in [-0.4, -0.2) is 23.5 Å². The van der Waals surface area contributed by atoms with Crippen LogP contribution >= 0.6 is 23.6 Å². The number of hydrogen-bond acceptors (Lipinski definition) is 3. The molecule has 2 nitrogen and oxygen atoms in total. The molecule has 0 saturated heterocycles. The van der Waals surface area contributed by atoms with Crippen molar-refractivity contribution in [2.45, 2.75) is 39.7 Å². The van der Waals surface area contributed by atoms with Gasteiger partial charge in [0.2, 0.25) is 0 Å². The van der Waals surface area contributed by atoms with Gasteiger partial charge < -0.3 is 5.73 Å². The lowest BCUT2D eigenvalue weighted by Gasteiger charge is -2.27. The van der Waals surface area contributed by atoms with E-state index in [0.29, 0.717) is 11.0 Å². The Balaban J connectivity index is 2.38. The summed E-state index contributed by atoms with van der Waals surface area (Å²) in [7, 11) is 2.18. The van der Waals surface area contributed by atoms with E-state index in [2.05, 4.69) is 50.2 Å². The fourth-order valence-electron chi connectivity index (χ4n) is 1.83. The third-order valence-electron chi connectivity index (χ3n) is 3.60. The molecule has 0 fully saturated rings. The van der Waals surface area contributed by atoms with E-state index in [1.165, 1.54) is 4.88 Å². The molecule has 4 heteroatoms. The first-order valence-electron chi connectivity index (χ1n) is 6.38. The maximum atomic E-state index is 5.74. The molecule has 0 amide bonds. The van der Waals surface area contributed by atoms with Gasteiger partial charge in [0.25, 0.3) is 0 Å². The van der Waals surface area contributed by atoms with E-state index in [1.54, 1.807) is 0 Å². The van der Waals surface area contributed by atoms with E-state index in [0.717, 1.165) is 19.4 Å². The van der Waals surface area contributed by atoms with Crippen molar-refractivity contribution in [3.05, 3.63) is 22.4 Å². The summed E-state index contributed by atoms with van der Waals surface area (Å²) in [6.45, 7) is 7.58. The summed E-state index contributed by atoms with van der Waals surface area (Å²) in [5.41, 5.74) is 5.72. The van der Waals surface area contributed by atoms with Gasteiger partial charge in [-0.15, -0.1) is 11.3 Å². The van der Waals surface area contributed by atoms with E-state index < -0.39 is 0 Å². The van der Waals surface area contributed by atoms with Crippen LogP contribution in [0.3, 0.4) is 0 Å². The molecular weight excluding hydrogens is 260 g/mol. The first-order chi connectivity index (χ1) is 8.34. The van der Waals surface area contributed by atoms with Gasteiger partial charge in [0.05, 0.1) is 4.99 Å². The van der Waals surface area contributed by atoms with Crippen LogP contribution in [0, 0.1) is 5.41 Å². The average molecular weight is 284 g/mol. The summed E-state index contributed by atoms with van der Waals surface area (Å²) >= 11 is 6.91. The van der Waals surface area contributed by atoms with Crippen molar-refractivity contribution in [1.29, 1.82) is 0 Å². The van der Waals surface area contributed by atoms with Gasteiger partial charge in [-0.3, -0.25) is 4.90 Å². The zero-order valence-corrected chi connectivity index (χ0v) is 13.4. The summed E-state index contributed by atoms with van der Waals surface area (Å²) in [5.74, 6) is 0. The van der Waals surface area contributed by atoms with Crippen molar-refractivity contribution in [1.82, 2.24) is 4.90 Å². The second-order valence-corrected chi connectivity index (χ2v) is 6.94. The third kappa shape index (κ3) is 4.34. The van der Waals surface area contributed by atoms with Crippen LogP contribution in [0.4, 0.5) is 0 Å². The molecule has 0 aliphatic heterocycles. The monoisotopic (exact) mass is 284 g/mol. The molecule has 18 heavy (non-hydrogen) atoms. The maximum Gasteiger partial charge on any atom is 0.0784 e. The number of rotatable bonds is 7. The zero-order valence-electron chi connectivity index (χ0n) is 11.8. The fraction of sp³-hybridized carbons (Fsp3) is 0.643. The predicted octanol–water partition coefficient (Wildman–Crippen LogP) is 3.83. The van der Waals surface area contributed by atoms with Crippen LogP contribution in [0.5, 0.6) is 0 Å². The van der Waals surface area contributed by atoms with E-state index in [9.17, 15) is 0 Å². The highest BCUT2D eigenvalue weighted by Crippen LogP contribution is 2.26. The molecule has 0 radical (unpaired) electrons. The Morgan fingerprint density at radius 3 is 2.72 bits per heavy atom. The molecule has 1 unspecified atom stereocenters. The molecule has 0 saturated carbocycles. The molecule has 0 aliphatic carbocycles. The Bertz CT molecular complexity index is 371. The standard InChI is InChI=1S/C14H24N2S2/c1-11(12-7-5-10-18-12)16(4)9-6-8-14(2,3)13(15)17/h5,7,10-11H,6,8-9H2,1-4H3,(H2,15,17). The van der Waals surface area contributed by atoms with Crippen LogP contribution in [0.2, 0.25) is 0 Å². The van der Waals surface area contributed by atoms with Gasteiger partial charge in [-0.25, -0.2) is 0 Å². The van der Waals surface area contributed by atoms with Gasteiger partial charge in [0.15, 0.2) is 0 Å². The van der Waals surface area contributed by atoms with Gasteiger partial charge in [-0.05, 0) is 44.8 Å². The van der Waals surface area contributed by atoms with Crippen molar-refractivity contribution >= 4 is 28.5 Å². The van der Waals surface area contributed by atoms with Crippen LogP contribution in [-0.2, 0) is 0 Å². The van der Waals surface area contributed by atoms with E-state index in [-0.39, 0.29) is 5.41 Å². The molecular formula is C14H24N2S2. The maximum absolute atomic E-state index is 5.74. The highest BCUT2D eigenvalue weighted by Gasteiger charge is 2.21. The number of hydrogen-bond donors (Lipinski definition) is 1. The van der Waals surface area contributed by atoms with E-state index in [1.807, 2.05) is 11.3 Å². The van der Waals surface area contributed by atoms with E-state index >= 15 is 0 Å². The van der Waals surface area contributed by atoms with Crippen LogP contribution in [0.15, 0.2) is 17.5 Å². The minimum absolute atomic E-state index is 0.0255. The van der Waals surface area contributed by atoms with Crippen LogP contribution in [0.25, 0.3) is 0 Å². The number of nitrogens with zero attached hydrogens (tertiary/aromatic N) is 1. The highest BCUT2D eigenvalue weighted by atomic mass is 32.1. The molecule has 0 aromatic carbocycles. The van der Waals surface area contributed by atoms with E-state index in [4.69, 9.17) is 18.0 Å². The SMILES string of the molecule is CC(c1cccs1)N(C)CCCC(C)(C)C(N)=S. The van der Waals surface area contributed by atoms with Gasteiger partial charge in [0, 0.05) is 16.3 Å².